The molecule has 2 aromatic carbocycles. The van der Waals surface area contributed by atoms with Crippen molar-refractivity contribution in [2.75, 3.05) is 6.61 Å². The second kappa shape index (κ2) is 11.7. The normalized spacial score (nSPS) is 19.4. The summed E-state index contributed by atoms with van der Waals surface area (Å²) in [6.45, 7) is 7.92. The maximum Gasteiger partial charge on any atom is 0.123 e. The van der Waals surface area contributed by atoms with Crippen LogP contribution in [0.3, 0.4) is 0 Å². The molecule has 1 fully saturated rings. The van der Waals surface area contributed by atoms with E-state index in [1.807, 2.05) is 6.07 Å². The lowest BCUT2D eigenvalue weighted by Gasteiger charge is -2.31. The van der Waals surface area contributed by atoms with Gasteiger partial charge in [0.1, 0.15) is 12.4 Å². The first kappa shape index (κ1) is 23.9. The van der Waals surface area contributed by atoms with Crippen molar-refractivity contribution in [2.24, 2.45) is 5.92 Å². The first-order valence-corrected chi connectivity index (χ1v) is 12.5. The van der Waals surface area contributed by atoms with E-state index < -0.39 is 0 Å². The third kappa shape index (κ3) is 6.84. The number of hydrogen-bond acceptors (Lipinski definition) is 2. The molecule has 2 heteroatoms. The summed E-state index contributed by atoms with van der Waals surface area (Å²) in [4.78, 5) is 0. The van der Waals surface area contributed by atoms with Gasteiger partial charge in [0.15, 0.2) is 0 Å². The van der Waals surface area contributed by atoms with Crippen LogP contribution in [0, 0.1) is 5.92 Å². The molecule has 0 spiro atoms. The van der Waals surface area contributed by atoms with Crippen LogP contribution in [0.15, 0.2) is 48.5 Å². The van der Waals surface area contributed by atoms with Crippen molar-refractivity contribution in [2.45, 2.75) is 96.5 Å². The number of unbranched alkanes of at least 4 members (excludes halogenated alkanes) is 3. The van der Waals surface area contributed by atoms with Crippen LogP contribution < -0.4 is 4.74 Å². The van der Waals surface area contributed by atoms with Gasteiger partial charge in [-0.15, -0.1) is 0 Å². The zero-order valence-corrected chi connectivity index (χ0v) is 19.9. The number of aliphatic hydroxyl groups is 1. The Morgan fingerprint density at radius 2 is 1.81 bits per heavy atom. The molecular formula is C29H42O2. The monoisotopic (exact) mass is 422 g/mol. The topological polar surface area (TPSA) is 29.5 Å². The van der Waals surface area contributed by atoms with Crippen molar-refractivity contribution in [1.82, 2.24) is 0 Å². The molecule has 3 rings (SSSR count). The lowest BCUT2D eigenvalue weighted by molar-refractivity contribution is 0.178. The summed E-state index contributed by atoms with van der Waals surface area (Å²) >= 11 is 0. The molecule has 2 aromatic rings. The molecule has 0 heterocycles. The molecule has 1 N–H and O–H groups in total. The summed E-state index contributed by atoms with van der Waals surface area (Å²) in [5.41, 5.74) is 4.07. The van der Waals surface area contributed by atoms with Gasteiger partial charge < -0.3 is 9.84 Å². The zero-order valence-electron chi connectivity index (χ0n) is 19.9. The molecule has 1 saturated carbocycles. The first-order chi connectivity index (χ1) is 15.0. The molecule has 0 radical (unpaired) electrons. The van der Waals surface area contributed by atoms with Crippen LogP contribution in [0.25, 0.3) is 0 Å². The summed E-state index contributed by atoms with van der Waals surface area (Å²) in [5, 5.41) is 9.72. The minimum absolute atomic E-state index is 0.150. The highest BCUT2D eigenvalue weighted by atomic mass is 16.5. The Morgan fingerprint density at radius 1 is 1.00 bits per heavy atom. The van der Waals surface area contributed by atoms with E-state index in [0.717, 1.165) is 18.6 Å². The molecule has 0 saturated heterocycles. The molecule has 31 heavy (non-hydrogen) atoms. The maximum atomic E-state index is 9.72. The molecule has 0 amide bonds. The van der Waals surface area contributed by atoms with Crippen molar-refractivity contribution in [3.63, 3.8) is 0 Å². The molecule has 1 aliphatic rings. The van der Waals surface area contributed by atoms with Crippen LogP contribution in [0.1, 0.15) is 101 Å². The van der Waals surface area contributed by atoms with Crippen LogP contribution in [0.4, 0.5) is 0 Å². The molecule has 0 bridgehead atoms. The fourth-order valence-electron chi connectivity index (χ4n) is 5.03. The lowest BCUT2D eigenvalue weighted by Crippen LogP contribution is -2.20. The summed E-state index contributed by atoms with van der Waals surface area (Å²) in [6, 6.07) is 17.4. The predicted octanol–water partition coefficient (Wildman–Crippen LogP) is 7.78. The highest BCUT2D eigenvalue weighted by Crippen LogP contribution is 2.42. The van der Waals surface area contributed by atoms with Gasteiger partial charge in [-0.05, 0) is 65.7 Å². The average molecular weight is 423 g/mol. The van der Waals surface area contributed by atoms with Gasteiger partial charge in [-0.25, -0.2) is 0 Å². The quantitative estimate of drug-likeness (QED) is 0.375. The van der Waals surface area contributed by atoms with Crippen molar-refractivity contribution >= 4 is 0 Å². The number of rotatable bonds is 11. The largest absolute Gasteiger partial charge is 0.489 e. The van der Waals surface area contributed by atoms with Crippen LogP contribution in [-0.4, -0.2) is 11.7 Å². The third-order valence-electron chi connectivity index (χ3n) is 7.17. The number of ether oxygens (including phenoxy) is 1. The van der Waals surface area contributed by atoms with E-state index in [0.29, 0.717) is 25.0 Å². The summed E-state index contributed by atoms with van der Waals surface area (Å²) in [6.07, 6.45) is 11.0. The minimum atomic E-state index is 0.150. The predicted molar refractivity (Wildman–Crippen MR) is 131 cm³/mol. The maximum absolute atomic E-state index is 9.72. The van der Waals surface area contributed by atoms with E-state index in [4.69, 9.17) is 4.74 Å². The van der Waals surface area contributed by atoms with Crippen molar-refractivity contribution in [1.29, 1.82) is 0 Å². The summed E-state index contributed by atoms with van der Waals surface area (Å²) < 4.78 is 6.46. The van der Waals surface area contributed by atoms with Gasteiger partial charge in [0.2, 0.25) is 0 Å². The van der Waals surface area contributed by atoms with Crippen LogP contribution >= 0.6 is 0 Å². The Kier molecular flexibility index (Phi) is 9.02. The van der Waals surface area contributed by atoms with Gasteiger partial charge >= 0.3 is 0 Å². The Balaban J connectivity index is 1.82. The molecule has 170 valence electrons. The Labute approximate surface area is 190 Å². The molecular weight excluding hydrogens is 380 g/mol. The van der Waals surface area contributed by atoms with E-state index in [1.165, 1.54) is 61.6 Å². The second-order valence-electron chi connectivity index (χ2n) is 10.1. The van der Waals surface area contributed by atoms with Crippen LogP contribution in [-0.2, 0) is 12.0 Å². The summed E-state index contributed by atoms with van der Waals surface area (Å²) in [5.74, 6) is 1.96. The highest BCUT2D eigenvalue weighted by molar-refractivity contribution is 5.43. The molecule has 0 aliphatic heterocycles. The van der Waals surface area contributed by atoms with Gasteiger partial charge in [0, 0.05) is 6.61 Å². The molecule has 2 unspecified atom stereocenters. The second-order valence-corrected chi connectivity index (χ2v) is 10.1. The lowest BCUT2D eigenvalue weighted by atomic mass is 9.76. The standard InChI is InChI=1S/C29H42O2/c1-4-5-6-10-18-29(2,3)26-16-17-27(25-15-11-14-24(19-25)21-30)28(20-26)31-22-23-12-8-7-9-13-23/h7-9,12-13,16-17,20,24-25,30H,4-6,10-11,14-15,18-19,21-22H2,1-3H3. The van der Waals surface area contributed by atoms with E-state index in [1.54, 1.807) is 0 Å². The van der Waals surface area contributed by atoms with Gasteiger partial charge in [0.05, 0.1) is 0 Å². The Bertz CT molecular complexity index is 781. The van der Waals surface area contributed by atoms with E-state index in [9.17, 15) is 5.11 Å². The van der Waals surface area contributed by atoms with E-state index >= 15 is 0 Å². The minimum Gasteiger partial charge on any atom is -0.489 e. The van der Waals surface area contributed by atoms with Gasteiger partial charge in [0.25, 0.3) is 0 Å². The van der Waals surface area contributed by atoms with Crippen molar-refractivity contribution in [3.05, 3.63) is 65.2 Å². The molecule has 0 aromatic heterocycles. The molecule has 2 atom stereocenters. The van der Waals surface area contributed by atoms with Gasteiger partial charge in [-0.3, -0.25) is 0 Å². The molecule has 1 aliphatic carbocycles. The SMILES string of the molecule is CCCCCCC(C)(C)c1ccc(C2CCCC(CO)C2)c(OCc2ccccc2)c1. The molecule has 2 nitrogen and oxygen atoms in total. The Hall–Kier alpha value is -1.80. The van der Waals surface area contributed by atoms with E-state index in [2.05, 4.69) is 63.2 Å². The fourth-order valence-corrected chi connectivity index (χ4v) is 5.03. The number of hydrogen-bond donors (Lipinski definition) is 1. The van der Waals surface area contributed by atoms with Crippen LogP contribution in [0.2, 0.25) is 0 Å². The van der Waals surface area contributed by atoms with E-state index in [-0.39, 0.29) is 5.41 Å². The fraction of sp³-hybridized carbons (Fsp3) is 0.586. The third-order valence-corrected chi connectivity index (χ3v) is 7.17. The number of aliphatic hydroxyl groups excluding tert-OH is 1. The zero-order chi connectivity index (χ0) is 22.1. The van der Waals surface area contributed by atoms with Crippen molar-refractivity contribution in [3.8, 4) is 5.75 Å². The van der Waals surface area contributed by atoms with Gasteiger partial charge in [-0.1, -0.05) is 95.3 Å². The first-order valence-electron chi connectivity index (χ1n) is 12.5. The van der Waals surface area contributed by atoms with Crippen LogP contribution in [0.5, 0.6) is 5.75 Å². The highest BCUT2D eigenvalue weighted by Gasteiger charge is 2.27. The Morgan fingerprint density at radius 3 is 2.55 bits per heavy atom. The van der Waals surface area contributed by atoms with Crippen molar-refractivity contribution < 1.29 is 9.84 Å². The van der Waals surface area contributed by atoms with Gasteiger partial charge in [-0.2, -0.15) is 0 Å². The summed E-state index contributed by atoms with van der Waals surface area (Å²) in [7, 11) is 0. The smallest absolute Gasteiger partial charge is 0.123 e. The average Bonchev–Trinajstić information content (AvgIpc) is 2.81. The number of benzene rings is 2.